The van der Waals surface area contributed by atoms with E-state index in [1.807, 2.05) is 66.9 Å². The van der Waals surface area contributed by atoms with Crippen molar-refractivity contribution in [1.82, 2.24) is 4.57 Å². The van der Waals surface area contributed by atoms with E-state index in [4.69, 9.17) is 11.6 Å². The predicted octanol–water partition coefficient (Wildman–Crippen LogP) is 4.34. The molecule has 1 atom stereocenters. The van der Waals surface area contributed by atoms with Gasteiger partial charge in [0, 0.05) is 16.9 Å². The third-order valence-corrected chi connectivity index (χ3v) is 4.21. The van der Waals surface area contributed by atoms with Gasteiger partial charge in [0.1, 0.15) is 0 Å². The first-order valence-electron chi connectivity index (χ1n) is 7.07. The van der Waals surface area contributed by atoms with Crippen LogP contribution in [0.2, 0.25) is 5.02 Å². The smallest absolute Gasteiger partial charge is 0.264 e. The first kappa shape index (κ1) is 13.2. The predicted molar refractivity (Wildman–Crippen MR) is 87.5 cm³/mol. The SMILES string of the molecule is O=C1c2ccccc2N[C@H](c2ccc(Cl)cc2)c2cccn21. The van der Waals surface area contributed by atoms with Crippen LogP contribution >= 0.6 is 11.6 Å². The molecule has 4 heteroatoms. The van der Waals surface area contributed by atoms with Gasteiger partial charge in [0.15, 0.2) is 0 Å². The summed E-state index contributed by atoms with van der Waals surface area (Å²) in [5.41, 5.74) is 3.50. The Morgan fingerprint density at radius 3 is 2.55 bits per heavy atom. The second-order valence-corrected chi connectivity index (χ2v) is 5.72. The van der Waals surface area contributed by atoms with E-state index >= 15 is 0 Å². The van der Waals surface area contributed by atoms with Gasteiger partial charge in [-0.2, -0.15) is 0 Å². The van der Waals surface area contributed by atoms with E-state index < -0.39 is 0 Å². The van der Waals surface area contributed by atoms with Crippen LogP contribution in [0.15, 0.2) is 66.9 Å². The van der Waals surface area contributed by atoms with Crippen molar-refractivity contribution in [2.75, 3.05) is 5.32 Å². The molecule has 1 N–H and O–H groups in total. The number of halogens is 1. The Balaban J connectivity index is 1.91. The van der Waals surface area contributed by atoms with E-state index in [1.165, 1.54) is 0 Å². The van der Waals surface area contributed by atoms with Crippen molar-refractivity contribution >= 4 is 23.2 Å². The first-order valence-corrected chi connectivity index (χ1v) is 7.45. The molecule has 2 heterocycles. The van der Waals surface area contributed by atoms with Crippen LogP contribution in [0.25, 0.3) is 0 Å². The maximum Gasteiger partial charge on any atom is 0.264 e. The number of anilines is 1. The van der Waals surface area contributed by atoms with Gasteiger partial charge in [0.25, 0.3) is 5.91 Å². The highest BCUT2D eigenvalue weighted by atomic mass is 35.5. The quantitative estimate of drug-likeness (QED) is 0.725. The number of carbonyl (C=O) groups is 1. The molecule has 0 radical (unpaired) electrons. The van der Waals surface area contributed by atoms with Crippen LogP contribution in [-0.4, -0.2) is 10.5 Å². The summed E-state index contributed by atoms with van der Waals surface area (Å²) in [7, 11) is 0. The lowest BCUT2D eigenvalue weighted by atomic mass is 10.0. The summed E-state index contributed by atoms with van der Waals surface area (Å²) < 4.78 is 1.71. The van der Waals surface area contributed by atoms with Crippen LogP contribution in [0, 0.1) is 0 Å². The number of nitrogens with zero attached hydrogens (tertiary/aromatic N) is 1. The van der Waals surface area contributed by atoms with Crippen molar-refractivity contribution in [2.45, 2.75) is 6.04 Å². The molecule has 1 aliphatic heterocycles. The normalized spacial score (nSPS) is 16.4. The van der Waals surface area contributed by atoms with Gasteiger partial charge in [0.05, 0.1) is 17.3 Å². The molecular formula is C18H13ClN2O. The van der Waals surface area contributed by atoms with E-state index in [-0.39, 0.29) is 11.9 Å². The molecule has 4 rings (SSSR count). The van der Waals surface area contributed by atoms with Crippen molar-refractivity contribution in [3.8, 4) is 0 Å². The number of fused-ring (bicyclic) bond motifs is 2. The van der Waals surface area contributed by atoms with Crippen LogP contribution in [0.4, 0.5) is 5.69 Å². The standard InChI is InChI=1S/C18H13ClN2O/c19-13-9-7-12(8-10-13)17-16-6-3-11-21(16)18(22)14-4-1-2-5-15(14)20-17/h1-11,17,20H/t17-/m1/s1. The average Bonchev–Trinajstić information content (AvgIpc) is 2.99. The number of carbonyl (C=O) groups excluding carboxylic acids is 1. The molecule has 1 aromatic heterocycles. The number of benzene rings is 2. The number of aromatic nitrogens is 1. The van der Waals surface area contributed by atoms with Gasteiger partial charge in [-0.05, 0) is 42.0 Å². The number of hydrogen-bond donors (Lipinski definition) is 1. The fraction of sp³-hybridized carbons (Fsp3) is 0.0556. The summed E-state index contributed by atoms with van der Waals surface area (Å²) >= 11 is 5.99. The average molecular weight is 309 g/mol. The van der Waals surface area contributed by atoms with E-state index in [0.717, 1.165) is 16.9 Å². The molecule has 108 valence electrons. The molecule has 0 amide bonds. The highest BCUT2D eigenvalue weighted by Crippen LogP contribution is 2.33. The van der Waals surface area contributed by atoms with Crippen molar-refractivity contribution < 1.29 is 4.79 Å². The molecule has 0 bridgehead atoms. The molecule has 0 fully saturated rings. The minimum atomic E-state index is -0.0973. The van der Waals surface area contributed by atoms with Gasteiger partial charge in [-0.25, -0.2) is 0 Å². The van der Waals surface area contributed by atoms with Crippen LogP contribution in [0.5, 0.6) is 0 Å². The molecule has 0 unspecified atom stereocenters. The van der Waals surface area contributed by atoms with Crippen molar-refractivity contribution in [3.63, 3.8) is 0 Å². The van der Waals surface area contributed by atoms with E-state index in [0.29, 0.717) is 10.6 Å². The lowest BCUT2D eigenvalue weighted by molar-refractivity contribution is 0.0959. The van der Waals surface area contributed by atoms with Gasteiger partial charge >= 0.3 is 0 Å². The van der Waals surface area contributed by atoms with Crippen molar-refractivity contribution in [1.29, 1.82) is 0 Å². The Morgan fingerprint density at radius 1 is 0.955 bits per heavy atom. The topological polar surface area (TPSA) is 34.0 Å². The third kappa shape index (κ3) is 2.02. The minimum Gasteiger partial charge on any atom is -0.372 e. The van der Waals surface area contributed by atoms with Gasteiger partial charge < -0.3 is 5.32 Å². The number of nitrogens with one attached hydrogen (secondary N) is 1. The summed E-state index contributed by atoms with van der Waals surface area (Å²) in [4.78, 5) is 12.7. The molecule has 3 aromatic rings. The van der Waals surface area contributed by atoms with E-state index in [1.54, 1.807) is 4.57 Å². The number of rotatable bonds is 1. The summed E-state index contributed by atoms with van der Waals surface area (Å²) in [6, 6.07) is 19.0. The first-order chi connectivity index (χ1) is 10.7. The largest absolute Gasteiger partial charge is 0.372 e. The minimum absolute atomic E-state index is 0.0143. The highest BCUT2D eigenvalue weighted by Gasteiger charge is 2.26. The second kappa shape index (κ2) is 5.04. The van der Waals surface area contributed by atoms with Crippen LogP contribution in [0.1, 0.15) is 27.7 Å². The van der Waals surface area contributed by atoms with Crippen LogP contribution < -0.4 is 5.32 Å². The molecule has 1 aliphatic rings. The number of hydrogen-bond acceptors (Lipinski definition) is 2. The highest BCUT2D eigenvalue weighted by molar-refractivity contribution is 6.30. The van der Waals surface area contributed by atoms with Crippen LogP contribution in [-0.2, 0) is 0 Å². The molecule has 2 aromatic carbocycles. The Labute approximate surface area is 133 Å². The van der Waals surface area contributed by atoms with Crippen molar-refractivity contribution in [2.24, 2.45) is 0 Å². The molecule has 0 saturated heterocycles. The molecule has 0 spiro atoms. The molecule has 3 nitrogen and oxygen atoms in total. The molecule has 0 aliphatic carbocycles. The number of para-hydroxylation sites is 1. The summed E-state index contributed by atoms with van der Waals surface area (Å²) in [5, 5.41) is 4.18. The fourth-order valence-corrected chi connectivity index (χ4v) is 3.00. The van der Waals surface area contributed by atoms with E-state index in [2.05, 4.69) is 5.32 Å². The lowest BCUT2D eigenvalue weighted by Crippen LogP contribution is -2.15. The Hall–Kier alpha value is -2.52. The summed E-state index contributed by atoms with van der Waals surface area (Å²) in [6.07, 6.45) is 1.81. The maximum atomic E-state index is 12.7. The molecular weight excluding hydrogens is 296 g/mol. The summed E-state index contributed by atoms with van der Waals surface area (Å²) in [6.45, 7) is 0. The maximum absolute atomic E-state index is 12.7. The van der Waals surface area contributed by atoms with Gasteiger partial charge in [-0.15, -0.1) is 0 Å². The molecule has 0 saturated carbocycles. The molecule has 22 heavy (non-hydrogen) atoms. The van der Waals surface area contributed by atoms with Crippen LogP contribution in [0.3, 0.4) is 0 Å². The second-order valence-electron chi connectivity index (χ2n) is 5.28. The Morgan fingerprint density at radius 2 is 1.73 bits per heavy atom. The van der Waals surface area contributed by atoms with E-state index in [9.17, 15) is 4.79 Å². The van der Waals surface area contributed by atoms with Gasteiger partial charge in [-0.1, -0.05) is 35.9 Å². The lowest BCUT2D eigenvalue weighted by Gasteiger charge is -2.19. The Kier molecular flexibility index (Phi) is 3.01. The van der Waals surface area contributed by atoms with Crippen molar-refractivity contribution in [3.05, 3.63) is 88.7 Å². The fourth-order valence-electron chi connectivity index (χ4n) is 2.88. The Bertz CT molecular complexity index is 852. The zero-order chi connectivity index (χ0) is 15.1. The monoisotopic (exact) mass is 308 g/mol. The van der Waals surface area contributed by atoms with Gasteiger partial charge in [-0.3, -0.25) is 9.36 Å². The van der Waals surface area contributed by atoms with Gasteiger partial charge in [0.2, 0.25) is 0 Å². The zero-order valence-corrected chi connectivity index (χ0v) is 12.4. The summed E-state index contributed by atoms with van der Waals surface area (Å²) in [5.74, 6) is -0.0143. The zero-order valence-electron chi connectivity index (χ0n) is 11.7. The third-order valence-electron chi connectivity index (χ3n) is 3.96.